The van der Waals surface area contributed by atoms with Crippen LogP contribution in [0.2, 0.25) is 0 Å². The van der Waals surface area contributed by atoms with Gasteiger partial charge in [-0.25, -0.2) is 0 Å². The van der Waals surface area contributed by atoms with Crippen molar-refractivity contribution in [1.29, 1.82) is 0 Å². The highest BCUT2D eigenvalue weighted by atomic mass is 32.2. The second kappa shape index (κ2) is 9.48. The van der Waals surface area contributed by atoms with E-state index in [9.17, 15) is 14.4 Å². The number of fused-ring (bicyclic) bond motifs is 1. The van der Waals surface area contributed by atoms with Crippen molar-refractivity contribution < 1.29 is 14.4 Å². The summed E-state index contributed by atoms with van der Waals surface area (Å²) < 4.78 is 0. The van der Waals surface area contributed by atoms with Crippen LogP contribution < -0.4 is 5.32 Å². The minimum Gasteiger partial charge on any atom is -0.322 e. The number of nitrogens with zero attached hydrogens (tertiary/aromatic N) is 4. The molecule has 3 aliphatic rings. The van der Waals surface area contributed by atoms with E-state index in [0.717, 1.165) is 47.0 Å². The van der Waals surface area contributed by atoms with Crippen LogP contribution in [0.5, 0.6) is 0 Å². The summed E-state index contributed by atoms with van der Waals surface area (Å²) in [5.41, 5.74) is 4.50. The molecule has 1 unspecified atom stereocenters. The molecule has 8 nitrogen and oxygen atoms in total. The number of rotatable bonds is 6. The molecule has 2 fully saturated rings. The van der Waals surface area contributed by atoms with E-state index >= 15 is 0 Å². The van der Waals surface area contributed by atoms with Crippen molar-refractivity contribution in [3.05, 3.63) is 77.7 Å². The van der Waals surface area contributed by atoms with Crippen LogP contribution >= 0.6 is 11.8 Å². The fourth-order valence-electron chi connectivity index (χ4n) is 4.97. The number of carbonyl (C=O) groups excluding carboxylic acids is 3. The molecule has 1 N–H and O–H groups in total. The van der Waals surface area contributed by atoms with Crippen molar-refractivity contribution >= 4 is 29.5 Å². The van der Waals surface area contributed by atoms with Gasteiger partial charge in [0.2, 0.25) is 11.8 Å². The van der Waals surface area contributed by atoms with Crippen LogP contribution in [0.25, 0.3) is 11.3 Å². The second-order valence-electron chi connectivity index (χ2n) is 9.41. The second-order valence-corrected chi connectivity index (χ2v) is 10.8. The van der Waals surface area contributed by atoms with Gasteiger partial charge in [0.05, 0.1) is 23.8 Å². The number of thioether (sulfide) groups is 1. The number of amides is 3. The molecule has 4 heterocycles. The summed E-state index contributed by atoms with van der Waals surface area (Å²) in [6.07, 6.45) is 4.33. The first-order valence-corrected chi connectivity index (χ1v) is 12.9. The van der Waals surface area contributed by atoms with Crippen LogP contribution in [-0.4, -0.2) is 61.9 Å². The Morgan fingerprint density at radius 3 is 2.58 bits per heavy atom. The molecule has 0 radical (unpaired) electrons. The van der Waals surface area contributed by atoms with E-state index in [-0.39, 0.29) is 24.1 Å². The van der Waals surface area contributed by atoms with E-state index in [1.165, 1.54) is 0 Å². The molecule has 2 aromatic carbocycles. The van der Waals surface area contributed by atoms with E-state index < -0.39 is 6.04 Å². The van der Waals surface area contributed by atoms with Gasteiger partial charge < -0.3 is 4.90 Å². The van der Waals surface area contributed by atoms with Crippen molar-refractivity contribution in [1.82, 2.24) is 25.1 Å². The molecule has 0 aliphatic carbocycles. The molecule has 2 saturated heterocycles. The maximum absolute atomic E-state index is 12.9. The molecule has 182 valence electrons. The molecular formula is C27H25N5O3S. The van der Waals surface area contributed by atoms with Gasteiger partial charge in [0.25, 0.3) is 5.91 Å². The lowest BCUT2D eigenvalue weighted by atomic mass is 10.0. The predicted octanol–water partition coefficient (Wildman–Crippen LogP) is 2.88. The molecule has 1 aromatic heterocycles. The Labute approximate surface area is 213 Å². The van der Waals surface area contributed by atoms with E-state index in [2.05, 4.69) is 26.3 Å². The van der Waals surface area contributed by atoms with Gasteiger partial charge in [-0.05, 0) is 30.2 Å². The third-order valence-corrected chi connectivity index (χ3v) is 8.04. The SMILES string of the molecule is O=C1CCC(N2Cc3cc(SC4CN(Cc5cnc(-c6ccccc6)cn5)C4)ccc3C2=O)C(=O)N1. The lowest BCUT2D eigenvalue weighted by Gasteiger charge is -2.38. The number of hydrogen-bond acceptors (Lipinski definition) is 7. The number of imide groups is 1. The zero-order valence-corrected chi connectivity index (χ0v) is 20.4. The van der Waals surface area contributed by atoms with Gasteiger partial charge in [-0.15, -0.1) is 11.8 Å². The molecule has 0 spiro atoms. The summed E-state index contributed by atoms with van der Waals surface area (Å²) >= 11 is 1.82. The number of nitrogens with one attached hydrogen (secondary N) is 1. The Morgan fingerprint density at radius 2 is 1.83 bits per heavy atom. The summed E-state index contributed by atoms with van der Waals surface area (Å²) in [5, 5.41) is 2.82. The fraction of sp³-hybridized carbons (Fsp3) is 0.296. The Morgan fingerprint density at radius 1 is 1.00 bits per heavy atom. The van der Waals surface area contributed by atoms with E-state index in [1.807, 2.05) is 66.6 Å². The number of hydrogen-bond donors (Lipinski definition) is 1. The van der Waals surface area contributed by atoms with Gasteiger partial charge in [-0.2, -0.15) is 0 Å². The summed E-state index contributed by atoms with van der Waals surface area (Å²) in [6.45, 7) is 3.11. The molecule has 0 saturated carbocycles. The van der Waals surface area contributed by atoms with Crippen molar-refractivity contribution in [2.75, 3.05) is 13.1 Å². The minimum atomic E-state index is -0.580. The van der Waals surface area contributed by atoms with Gasteiger partial charge in [0.15, 0.2) is 0 Å². The highest BCUT2D eigenvalue weighted by molar-refractivity contribution is 8.00. The first kappa shape index (κ1) is 22.9. The average molecular weight is 500 g/mol. The van der Waals surface area contributed by atoms with Crippen LogP contribution in [0.15, 0.2) is 65.8 Å². The third kappa shape index (κ3) is 4.52. The molecule has 9 heteroatoms. The minimum absolute atomic E-state index is 0.134. The average Bonchev–Trinajstić information content (AvgIpc) is 3.19. The number of aromatic nitrogens is 2. The number of carbonyl (C=O) groups is 3. The van der Waals surface area contributed by atoms with Crippen LogP contribution in [0.4, 0.5) is 0 Å². The van der Waals surface area contributed by atoms with Crippen LogP contribution in [0, 0.1) is 0 Å². The largest absolute Gasteiger partial charge is 0.322 e. The Hall–Kier alpha value is -3.56. The first-order chi connectivity index (χ1) is 17.5. The van der Waals surface area contributed by atoms with Crippen molar-refractivity contribution in [2.24, 2.45) is 0 Å². The summed E-state index contributed by atoms with van der Waals surface area (Å²) in [7, 11) is 0. The summed E-state index contributed by atoms with van der Waals surface area (Å²) in [4.78, 5) is 50.8. The molecule has 1 atom stereocenters. The quantitative estimate of drug-likeness (QED) is 0.521. The Balaban J connectivity index is 1.02. The zero-order valence-electron chi connectivity index (χ0n) is 19.6. The standard InChI is InChI=1S/C27H25N5O3S/c33-25-9-8-24(26(34)30-25)32-13-18-10-20(6-7-22(18)27(32)35)36-21-15-31(16-21)14-19-11-29-23(12-28-19)17-4-2-1-3-5-17/h1-7,10-12,21,24H,8-9,13-16H2,(H,30,33,34). The van der Waals surface area contributed by atoms with Gasteiger partial charge >= 0.3 is 0 Å². The summed E-state index contributed by atoms with van der Waals surface area (Å²) in [5.74, 6) is -0.786. The molecular weight excluding hydrogens is 474 g/mol. The predicted molar refractivity (Wildman–Crippen MR) is 135 cm³/mol. The number of likely N-dealkylation sites (tertiary alicyclic amines) is 1. The normalized spacial score (nSPS) is 20.3. The lowest BCUT2D eigenvalue weighted by Crippen LogP contribution is -2.52. The zero-order chi connectivity index (χ0) is 24.6. The highest BCUT2D eigenvalue weighted by Gasteiger charge is 2.39. The first-order valence-electron chi connectivity index (χ1n) is 12.1. The van der Waals surface area contributed by atoms with Gasteiger partial charge in [0, 0.05) is 53.9 Å². The van der Waals surface area contributed by atoms with Gasteiger partial charge in [-0.1, -0.05) is 30.3 Å². The van der Waals surface area contributed by atoms with Gasteiger partial charge in [-0.3, -0.25) is 34.6 Å². The Bertz CT molecular complexity index is 1320. The van der Waals surface area contributed by atoms with Crippen LogP contribution in [-0.2, 0) is 22.7 Å². The van der Waals surface area contributed by atoms with Crippen LogP contribution in [0.3, 0.4) is 0 Å². The smallest absolute Gasteiger partial charge is 0.255 e. The van der Waals surface area contributed by atoms with Crippen LogP contribution in [0.1, 0.15) is 34.5 Å². The van der Waals surface area contributed by atoms with Crippen molar-refractivity contribution in [3.8, 4) is 11.3 Å². The topological polar surface area (TPSA) is 95.5 Å². The van der Waals surface area contributed by atoms with E-state index in [0.29, 0.717) is 23.8 Å². The maximum Gasteiger partial charge on any atom is 0.255 e. The van der Waals surface area contributed by atoms with Gasteiger partial charge in [0.1, 0.15) is 6.04 Å². The van der Waals surface area contributed by atoms with E-state index in [1.54, 1.807) is 4.90 Å². The highest BCUT2D eigenvalue weighted by Crippen LogP contribution is 2.35. The third-order valence-electron chi connectivity index (χ3n) is 6.88. The molecule has 3 aromatic rings. The number of benzene rings is 2. The number of piperidine rings is 1. The molecule has 3 amide bonds. The van der Waals surface area contributed by atoms with E-state index in [4.69, 9.17) is 0 Å². The Kier molecular flexibility index (Phi) is 6.02. The lowest BCUT2D eigenvalue weighted by molar-refractivity contribution is -0.136. The molecule has 6 rings (SSSR count). The fourth-order valence-corrected chi connectivity index (χ4v) is 6.28. The molecule has 0 bridgehead atoms. The van der Waals surface area contributed by atoms with Crippen molar-refractivity contribution in [2.45, 2.75) is 42.1 Å². The van der Waals surface area contributed by atoms with Crippen molar-refractivity contribution in [3.63, 3.8) is 0 Å². The molecule has 36 heavy (non-hydrogen) atoms. The monoisotopic (exact) mass is 499 g/mol. The molecule has 3 aliphatic heterocycles. The summed E-state index contributed by atoms with van der Waals surface area (Å²) in [6, 6.07) is 15.4. The maximum atomic E-state index is 12.9.